The predicted molar refractivity (Wildman–Crippen MR) is 82.6 cm³/mol. The Labute approximate surface area is 126 Å². The maximum absolute atomic E-state index is 11.0. The largest absolute Gasteiger partial charge is 0.490 e. The molecule has 0 fully saturated rings. The Morgan fingerprint density at radius 1 is 1.09 bits per heavy atom. The lowest BCUT2D eigenvalue weighted by molar-refractivity contribution is -0.385. The van der Waals surface area contributed by atoms with Crippen LogP contribution in [0.3, 0.4) is 0 Å². The molecule has 0 aliphatic rings. The SMILES string of the molecule is COc1ccc(Oc2ccc3c(ccn3C)c2)cc1[N+](=O)[O-]. The van der Waals surface area contributed by atoms with E-state index < -0.39 is 4.92 Å². The van der Waals surface area contributed by atoms with Crippen molar-refractivity contribution in [2.75, 3.05) is 7.11 Å². The fourth-order valence-electron chi connectivity index (χ4n) is 2.34. The smallest absolute Gasteiger partial charge is 0.314 e. The number of aromatic nitrogens is 1. The fraction of sp³-hybridized carbons (Fsp3) is 0.125. The van der Waals surface area contributed by atoms with Crippen LogP contribution in [-0.2, 0) is 7.05 Å². The van der Waals surface area contributed by atoms with Crippen molar-refractivity contribution >= 4 is 16.6 Å². The van der Waals surface area contributed by atoms with E-state index in [9.17, 15) is 10.1 Å². The first-order valence-corrected chi connectivity index (χ1v) is 6.64. The van der Waals surface area contributed by atoms with Gasteiger partial charge in [0, 0.05) is 24.1 Å². The summed E-state index contributed by atoms with van der Waals surface area (Å²) in [5.74, 6) is 1.22. The first-order valence-electron chi connectivity index (χ1n) is 6.64. The Morgan fingerprint density at radius 3 is 2.55 bits per heavy atom. The average Bonchev–Trinajstić information content (AvgIpc) is 2.88. The van der Waals surface area contributed by atoms with Crippen molar-refractivity contribution in [3.05, 3.63) is 58.8 Å². The van der Waals surface area contributed by atoms with E-state index in [4.69, 9.17) is 9.47 Å². The summed E-state index contributed by atoms with van der Waals surface area (Å²) in [5.41, 5.74) is 0.967. The van der Waals surface area contributed by atoms with Crippen molar-refractivity contribution in [2.24, 2.45) is 7.05 Å². The standard InChI is InChI=1S/C16H14N2O4/c1-17-8-7-11-9-12(3-5-14(11)17)22-13-4-6-16(21-2)15(10-13)18(19)20/h3-10H,1-2H3. The molecule has 0 radical (unpaired) electrons. The molecule has 6 nitrogen and oxygen atoms in total. The van der Waals surface area contributed by atoms with Gasteiger partial charge in [0.2, 0.25) is 0 Å². The molecule has 0 unspecified atom stereocenters. The predicted octanol–water partition coefficient (Wildman–Crippen LogP) is 3.89. The Morgan fingerprint density at radius 2 is 1.82 bits per heavy atom. The summed E-state index contributed by atoms with van der Waals surface area (Å²) in [6, 6.07) is 12.2. The number of methoxy groups -OCH3 is 1. The Bertz CT molecular complexity index is 854. The van der Waals surface area contributed by atoms with E-state index in [0.29, 0.717) is 11.5 Å². The number of nitrogens with zero attached hydrogens (tertiary/aromatic N) is 2. The number of aryl methyl sites for hydroxylation is 1. The van der Waals surface area contributed by atoms with Crippen LogP contribution in [0.4, 0.5) is 5.69 Å². The van der Waals surface area contributed by atoms with Gasteiger partial charge in [0.1, 0.15) is 11.5 Å². The molecule has 112 valence electrons. The lowest BCUT2D eigenvalue weighted by atomic mass is 10.2. The number of benzene rings is 2. The average molecular weight is 298 g/mol. The third-order valence-corrected chi connectivity index (χ3v) is 3.44. The third kappa shape index (κ3) is 2.46. The summed E-state index contributed by atoms with van der Waals surface area (Å²) >= 11 is 0. The topological polar surface area (TPSA) is 66.5 Å². The quantitative estimate of drug-likeness (QED) is 0.541. The van der Waals surface area contributed by atoms with E-state index in [1.54, 1.807) is 6.07 Å². The van der Waals surface area contributed by atoms with Crippen LogP contribution in [-0.4, -0.2) is 16.6 Å². The van der Waals surface area contributed by atoms with E-state index in [-0.39, 0.29) is 11.4 Å². The number of ether oxygens (including phenoxy) is 2. The molecule has 0 spiro atoms. The minimum atomic E-state index is -0.494. The second-order valence-corrected chi connectivity index (χ2v) is 4.84. The van der Waals surface area contributed by atoms with Crippen molar-refractivity contribution in [1.82, 2.24) is 4.57 Å². The Kier molecular flexibility index (Phi) is 3.42. The molecule has 0 saturated heterocycles. The summed E-state index contributed by atoms with van der Waals surface area (Å²) in [6.45, 7) is 0. The van der Waals surface area contributed by atoms with Crippen molar-refractivity contribution < 1.29 is 14.4 Å². The van der Waals surface area contributed by atoms with Gasteiger partial charge in [0.15, 0.2) is 5.75 Å². The molecule has 0 aliphatic carbocycles. The number of nitro groups is 1. The van der Waals surface area contributed by atoms with E-state index in [1.807, 2.05) is 42.1 Å². The molecule has 2 aromatic carbocycles. The summed E-state index contributed by atoms with van der Waals surface area (Å²) in [5, 5.41) is 12.1. The minimum absolute atomic E-state index is 0.124. The van der Waals surface area contributed by atoms with Crippen molar-refractivity contribution in [1.29, 1.82) is 0 Å². The van der Waals surface area contributed by atoms with Gasteiger partial charge in [-0.15, -0.1) is 0 Å². The van der Waals surface area contributed by atoms with Crippen LogP contribution in [0, 0.1) is 10.1 Å². The maximum atomic E-state index is 11.0. The summed E-state index contributed by atoms with van der Waals surface area (Å²) in [7, 11) is 3.36. The lowest BCUT2D eigenvalue weighted by Crippen LogP contribution is -1.94. The molecule has 3 rings (SSSR count). The monoisotopic (exact) mass is 298 g/mol. The van der Waals surface area contributed by atoms with Crippen LogP contribution in [0.15, 0.2) is 48.7 Å². The molecule has 0 aliphatic heterocycles. The van der Waals surface area contributed by atoms with Gasteiger partial charge in [-0.05, 0) is 36.4 Å². The molecule has 0 saturated carbocycles. The number of fused-ring (bicyclic) bond motifs is 1. The fourth-order valence-corrected chi connectivity index (χ4v) is 2.34. The molecular weight excluding hydrogens is 284 g/mol. The van der Waals surface area contributed by atoms with Gasteiger partial charge in [0.25, 0.3) is 0 Å². The maximum Gasteiger partial charge on any atom is 0.314 e. The number of rotatable bonds is 4. The highest BCUT2D eigenvalue weighted by Gasteiger charge is 2.16. The van der Waals surface area contributed by atoms with Crippen LogP contribution in [0.5, 0.6) is 17.2 Å². The molecular formula is C16H14N2O4. The molecule has 0 N–H and O–H groups in total. The van der Waals surface area contributed by atoms with Gasteiger partial charge in [0.05, 0.1) is 18.1 Å². The van der Waals surface area contributed by atoms with Crippen LogP contribution in [0.25, 0.3) is 10.9 Å². The molecule has 1 aromatic heterocycles. The molecule has 22 heavy (non-hydrogen) atoms. The molecule has 0 amide bonds. The Balaban J connectivity index is 1.94. The highest BCUT2D eigenvalue weighted by Crippen LogP contribution is 2.33. The van der Waals surface area contributed by atoms with Gasteiger partial charge >= 0.3 is 5.69 Å². The zero-order valence-electron chi connectivity index (χ0n) is 12.1. The van der Waals surface area contributed by atoms with Gasteiger partial charge in [-0.1, -0.05) is 0 Å². The number of hydrogen-bond acceptors (Lipinski definition) is 4. The van der Waals surface area contributed by atoms with Crippen LogP contribution in [0.2, 0.25) is 0 Å². The molecule has 3 aromatic rings. The minimum Gasteiger partial charge on any atom is -0.490 e. The summed E-state index contributed by atoms with van der Waals surface area (Å²) in [6.07, 6.45) is 1.96. The second kappa shape index (κ2) is 5.40. The van der Waals surface area contributed by atoms with Gasteiger partial charge < -0.3 is 14.0 Å². The normalized spacial score (nSPS) is 10.6. The molecule has 1 heterocycles. The van der Waals surface area contributed by atoms with Crippen molar-refractivity contribution in [2.45, 2.75) is 0 Å². The number of nitro benzene ring substituents is 1. The highest BCUT2D eigenvalue weighted by molar-refractivity contribution is 5.81. The van der Waals surface area contributed by atoms with Crippen LogP contribution in [0.1, 0.15) is 0 Å². The second-order valence-electron chi connectivity index (χ2n) is 4.84. The molecule has 0 bridgehead atoms. The van der Waals surface area contributed by atoms with Crippen molar-refractivity contribution in [3.63, 3.8) is 0 Å². The summed E-state index contributed by atoms with van der Waals surface area (Å²) in [4.78, 5) is 10.5. The van der Waals surface area contributed by atoms with Gasteiger partial charge in [-0.25, -0.2) is 0 Å². The number of hydrogen-bond donors (Lipinski definition) is 0. The summed E-state index contributed by atoms with van der Waals surface area (Å²) < 4.78 is 12.7. The van der Waals surface area contributed by atoms with Crippen LogP contribution < -0.4 is 9.47 Å². The first-order chi connectivity index (χ1) is 10.6. The van der Waals surface area contributed by atoms with E-state index >= 15 is 0 Å². The van der Waals surface area contributed by atoms with Gasteiger partial charge in [-0.3, -0.25) is 10.1 Å². The van der Waals surface area contributed by atoms with E-state index in [2.05, 4.69) is 0 Å². The van der Waals surface area contributed by atoms with Crippen LogP contribution >= 0.6 is 0 Å². The molecule has 0 atom stereocenters. The zero-order valence-corrected chi connectivity index (χ0v) is 12.1. The van der Waals surface area contributed by atoms with E-state index in [0.717, 1.165) is 10.9 Å². The van der Waals surface area contributed by atoms with E-state index in [1.165, 1.54) is 19.2 Å². The molecule has 6 heteroatoms. The third-order valence-electron chi connectivity index (χ3n) is 3.44. The first kappa shape index (κ1) is 13.9. The Hall–Kier alpha value is -3.02. The highest BCUT2D eigenvalue weighted by atomic mass is 16.6. The lowest BCUT2D eigenvalue weighted by Gasteiger charge is -2.08. The van der Waals surface area contributed by atoms with Gasteiger partial charge in [-0.2, -0.15) is 0 Å². The van der Waals surface area contributed by atoms with Crippen molar-refractivity contribution in [3.8, 4) is 17.2 Å². The zero-order chi connectivity index (χ0) is 15.7.